The summed E-state index contributed by atoms with van der Waals surface area (Å²) >= 11 is 0. The lowest BCUT2D eigenvalue weighted by molar-refractivity contribution is 0.102. The molecule has 1 N–H and O–H groups in total. The van der Waals surface area contributed by atoms with Gasteiger partial charge in [-0.2, -0.15) is 0 Å². The van der Waals surface area contributed by atoms with Gasteiger partial charge in [-0.05, 0) is 52.7 Å². The Morgan fingerprint density at radius 3 is 2.43 bits per heavy atom. The van der Waals surface area contributed by atoms with Crippen molar-refractivity contribution >= 4 is 0 Å². The average Bonchev–Trinajstić information content (AvgIpc) is 2.16. The number of likely N-dealkylation sites (tertiary alicyclic amines) is 1. The van der Waals surface area contributed by atoms with E-state index in [0.717, 1.165) is 18.6 Å². The smallest absolute Gasteiger partial charge is 0.00697 e. The molecule has 1 saturated heterocycles. The molecule has 0 aromatic rings. The molecule has 0 aliphatic carbocycles. The highest BCUT2D eigenvalue weighted by molar-refractivity contribution is 4.79. The second-order valence-electron chi connectivity index (χ2n) is 4.57. The van der Waals surface area contributed by atoms with Gasteiger partial charge in [-0.3, -0.25) is 4.90 Å². The first-order chi connectivity index (χ1) is 6.75. The van der Waals surface area contributed by atoms with Crippen molar-refractivity contribution in [3.05, 3.63) is 0 Å². The van der Waals surface area contributed by atoms with Crippen LogP contribution in [0.3, 0.4) is 0 Å². The highest BCUT2D eigenvalue weighted by Gasteiger charge is 2.23. The number of piperidine rings is 1. The zero-order valence-corrected chi connectivity index (χ0v) is 10.1. The third-order valence-electron chi connectivity index (χ3n) is 3.40. The molecule has 2 atom stereocenters. The molecule has 0 amide bonds. The van der Waals surface area contributed by atoms with Gasteiger partial charge in [0.15, 0.2) is 0 Å². The van der Waals surface area contributed by atoms with Gasteiger partial charge in [0.05, 0.1) is 0 Å². The molecule has 1 rings (SSSR count). The predicted molar refractivity (Wildman–Crippen MR) is 62.6 cm³/mol. The first-order valence-electron chi connectivity index (χ1n) is 6.22. The third-order valence-corrected chi connectivity index (χ3v) is 3.40. The highest BCUT2D eigenvalue weighted by atomic mass is 15.2. The van der Waals surface area contributed by atoms with E-state index in [9.17, 15) is 0 Å². The van der Waals surface area contributed by atoms with Gasteiger partial charge in [0.2, 0.25) is 0 Å². The third kappa shape index (κ3) is 3.58. The summed E-state index contributed by atoms with van der Waals surface area (Å²) in [5.74, 6) is 0. The molecule has 0 spiro atoms. The zero-order chi connectivity index (χ0) is 10.4. The van der Waals surface area contributed by atoms with Crippen LogP contribution in [0.2, 0.25) is 0 Å². The Hall–Kier alpha value is -0.0800. The molecule has 84 valence electrons. The van der Waals surface area contributed by atoms with Gasteiger partial charge in [0.25, 0.3) is 0 Å². The molecule has 1 heterocycles. The van der Waals surface area contributed by atoms with Crippen molar-refractivity contribution in [1.29, 1.82) is 0 Å². The first kappa shape index (κ1) is 12.0. The van der Waals surface area contributed by atoms with Gasteiger partial charge >= 0.3 is 0 Å². The molecule has 0 bridgehead atoms. The van der Waals surface area contributed by atoms with Gasteiger partial charge in [-0.25, -0.2) is 0 Å². The quantitative estimate of drug-likeness (QED) is 0.682. The van der Waals surface area contributed by atoms with Gasteiger partial charge < -0.3 is 5.32 Å². The summed E-state index contributed by atoms with van der Waals surface area (Å²) in [6.07, 6.45) is 5.51. The standard InChI is InChI=1S/C12H26N2/c1-4-13-9-6-10-14-11(2)7-5-8-12(14)3/h11-13H,4-10H2,1-3H3. The molecule has 2 nitrogen and oxygen atoms in total. The molecule has 14 heavy (non-hydrogen) atoms. The lowest BCUT2D eigenvalue weighted by Gasteiger charge is -2.39. The van der Waals surface area contributed by atoms with E-state index in [0.29, 0.717) is 0 Å². The van der Waals surface area contributed by atoms with Crippen LogP contribution in [0.25, 0.3) is 0 Å². The van der Waals surface area contributed by atoms with E-state index in [4.69, 9.17) is 0 Å². The molecular formula is C12H26N2. The van der Waals surface area contributed by atoms with Crippen LogP contribution >= 0.6 is 0 Å². The van der Waals surface area contributed by atoms with Crippen LogP contribution in [-0.4, -0.2) is 36.6 Å². The van der Waals surface area contributed by atoms with Crippen LogP contribution in [0, 0.1) is 0 Å². The summed E-state index contributed by atoms with van der Waals surface area (Å²) in [5.41, 5.74) is 0. The lowest BCUT2D eigenvalue weighted by Crippen LogP contribution is -2.44. The summed E-state index contributed by atoms with van der Waals surface area (Å²) in [5, 5.41) is 3.39. The van der Waals surface area contributed by atoms with E-state index in [1.54, 1.807) is 0 Å². The minimum atomic E-state index is 0.806. The van der Waals surface area contributed by atoms with Gasteiger partial charge in [-0.1, -0.05) is 13.3 Å². The van der Waals surface area contributed by atoms with Crippen molar-refractivity contribution < 1.29 is 0 Å². The Bertz CT molecular complexity index is 137. The summed E-state index contributed by atoms with van der Waals surface area (Å²) in [6, 6.07) is 1.61. The Morgan fingerprint density at radius 1 is 1.21 bits per heavy atom. The van der Waals surface area contributed by atoms with Crippen molar-refractivity contribution in [3.8, 4) is 0 Å². The topological polar surface area (TPSA) is 15.3 Å². The second kappa shape index (κ2) is 6.41. The average molecular weight is 198 g/mol. The van der Waals surface area contributed by atoms with E-state index in [1.807, 2.05) is 0 Å². The van der Waals surface area contributed by atoms with Crippen molar-refractivity contribution in [1.82, 2.24) is 10.2 Å². The predicted octanol–water partition coefficient (Wildman–Crippen LogP) is 2.25. The summed E-state index contributed by atoms with van der Waals surface area (Å²) in [4.78, 5) is 2.68. The summed E-state index contributed by atoms with van der Waals surface area (Å²) < 4.78 is 0. The summed E-state index contributed by atoms with van der Waals surface area (Å²) in [6.45, 7) is 10.5. The molecule has 0 aromatic carbocycles. The number of nitrogens with one attached hydrogen (secondary N) is 1. The van der Waals surface area contributed by atoms with Crippen molar-refractivity contribution in [3.63, 3.8) is 0 Å². The Labute approximate surface area is 89.1 Å². The molecule has 1 fully saturated rings. The fourth-order valence-electron chi connectivity index (χ4n) is 2.48. The van der Waals surface area contributed by atoms with E-state index in [1.165, 1.54) is 38.8 Å². The molecule has 1 aliphatic heterocycles. The van der Waals surface area contributed by atoms with Crippen LogP contribution in [-0.2, 0) is 0 Å². The minimum absolute atomic E-state index is 0.806. The molecule has 0 aromatic heterocycles. The Kier molecular flexibility index (Phi) is 5.49. The normalized spacial score (nSPS) is 29.4. The maximum Gasteiger partial charge on any atom is 0.00697 e. The van der Waals surface area contributed by atoms with Gasteiger partial charge in [0.1, 0.15) is 0 Å². The monoisotopic (exact) mass is 198 g/mol. The van der Waals surface area contributed by atoms with Crippen LogP contribution in [0.15, 0.2) is 0 Å². The van der Waals surface area contributed by atoms with E-state index in [-0.39, 0.29) is 0 Å². The molecule has 0 saturated carbocycles. The summed E-state index contributed by atoms with van der Waals surface area (Å²) in [7, 11) is 0. The van der Waals surface area contributed by atoms with Crippen LogP contribution in [0.5, 0.6) is 0 Å². The van der Waals surface area contributed by atoms with Crippen molar-refractivity contribution in [2.75, 3.05) is 19.6 Å². The maximum absolute atomic E-state index is 3.39. The number of hydrogen-bond acceptors (Lipinski definition) is 2. The molecule has 2 unspecified atom stereocenters. The fourth-order valence-corrected chi connectivity index (χ4v) is 2.48. The zero-order valence-electron chi connectivity index (χ0n) is 10.1. The number of hydrogen-bond donors (Lipinski definition) is 1. The second-order valence-corrected chi connectivity index (χ2v) is 4.57. The lowest BCUT2D eigenvalue weighted by atomic mass is 9.97. The first-order valence-corrected chi connectivity index (χ1v) is 6.22. The van der Waals surface area contributed by atoms with Crippen LogP contribution in [0.1, 0.15) is 46.5 Å². The van der Waals surface area contributed by atoms with Gasteiger partial charge in [-0.15, -0.1) is 0 Å². The molecule has 0 radical (unpaired) electrons. The van der Waals surface area contributed by atoms with E-state index >= 15 is 0 Å². The SMILES string of the molecule is CCNCCCN1C(C)CCCC1C. The molecule has 2 heteroatoms. The largest absolute Gasteiger partial charge is 0.317 e. The maximum atomic E-state index is 3.39. The Balaban J connectivity index is 2.19. The van der Waals surface area contributed by atoms with Crippen LogP contribution < -0.4 is 5.32 Å². The molecule has 1 aliphatic rings. The van der Waals surface area contributed by atoms with Crippen LogP contribution in [0.4, 0.5) is 0 Å². The van der Waals surface area contributed by atoms with E-state index in [2.05, 4.69) is 31.0 Å². The number of rotatable bonds is 5. The molecular weight excluding hydrogens is 172 g/mol. The Morgan fingerprint density at radius 2 is 1.86 bits per heavy atom. The van der Waals surface area contributed by atoms with Crippen molar-refractivity contribution in [2.24, 2.45) is 0 Å². The van der Waals surface area contributed by atoms with Gasteiger partial charge in [0, 0.05) is 12.1 Å². The highest BCUT2D eigenvalue weighted by Crippen LogP contribution is 2.22. The minimum Gasteiger partial charge on any atom is -0.317 e. The number of nitrogens with zero attached hydrogens (tertiary/aromatic N) is 1. The van der Waals surface area contributed by atoms with Crippen molar-refractivity contribution in [2.45, 2.75) is 58.5 Å². The fraction of sp³-hybridized carbons (Fsp3) is 1.00. The van der Waals surface area contributed by atoms with E-state index < -0.39 is 0 Å².